The van der Waals surface area contributed by atoms with E-state index in [-0.39, 0.29) is 5.60 Å². The van der Waals surface area contributed by atoms with Gasteiger partial charge >= 0.3 is 0 Å². The van der Waals surface area contributed by atoms with E-state index >= 15 is 0 Å². The first-order valence-corrected chi connectivity index (χ1v) is 5.22. The van der Waals surface area contributed by atoms with Crippen molar-refractivity contribution in [2.45, 2.75) is 39.7 Å². The summed E-state index contributed by atoms with van der Waals surface area (Å²) >= 11 is 0. The van der Waals surface area contributed by atoms with Gasteiger partial charge in [-0.05, 0) is 30.1 Å². The SMILES string of the molecule is CC(C)C1C2COC1(C(C)C)C2. The zero-order valence-corrected chi connectivity index (χ0v) is 8.63. The van der Waals surface area contributed by atoms with Crippen molar-refractivity contribution in [1.29, 1.82) is 0 Å². The standard InChI is InChI=1S/C11H20O/c1-7(2)10-9-5-11(10,8(3)4)12-6-9/h7-10H,5-6H2,1-4H3. The van der Waals surface area contributed by atoms with Crippen LogP contribution in [0.1, 0.15) is 34.1 Å². The molecule has 1 saturated carbocycles. The quantitative estimate of drug-likeness (QED) is 0.616. The fourth-order valence-corrected chi connectivity index (χ4v) is 3.39. The second kappa shape index (κ2) is 2.47. The molecule has 3 rings (SSSR count). The fraction of sp³-hybridized carbons (Fsp3) is 1.00. The summed E-state index contributed by atoms with van der Waals surface area (Å²) in [6, 6.07) is 0. The first-order valence-electron chi connectivity index (χ1n) is 5.22. The van der Waals surface area contributed by atoms with Crippen LogP contribution in [-0.2, 0) is 4.74 Å². The second-order valence-corrected chi connectivity index (χ2v) is 5.15. The lowest BCUT2D eigenvalue weighted by Gasteiger charge is -2.50. The molecule has 0 aromatic carbocycles. The molecule has 1 heteroatoms. The number of hydrogen-bond donors (Lipinski definition) is 0. The third kappa shape index (κ3) is 0.834. The molecule has 0 aromatic rings. The second-order valence-electron chi connectivity index (χ2n) is 5.15. The molecule has 2 aliphatic heterocycles. The van der Waals surface area contributed by atoms with Crippen molar-refractivity contribution >= 4 is 0 Å². The monoisotopic (exact) mass is 168 g/mol. The largest absolute Gasteiger partial charge is 0.374 e. The lowest BCUT2D eigenvalue weighted by atomic mass is 9.56. The van der Waals surface area contributed by atoms with Gasteiger partial charge in [0.05, 0.1) is 12.2 Å². The Bertz CT molecular complexity index is 181. The third-order valence-corrected chi connectivity index (χ3v) is 3.91. The number of fused-ring (bicyclic) bond motifs is 1. The third-order valence-electron chi connectivity index (χ3n) is 3.91. The number of hydrogen-bond acceptors (Lipinski definition) is 1. The van der Waals surface area contributed by atoms with Crippen molar-refractivity contribution in [3.05, 3.63) is 0 Å². The summed E-state index contributed by atoms with van der Waals surface area (Å²) in [5.41, 5.74) is 0.277. The molecule has 3 fully saturated rings. The van der Waals surface area contributed by atoms with Gasteiger partial charge in [0.2, 0.25) is 0 Å². The van der Waals surface area contributed by atoms with Crippen LogP contribution in [0, 0.1) is 23.7 Å². The predicted octanol–water partition coefficient (Wildman–Crippen LogP) is 2.70. The summed E-state index contributed by atoms with van der Waals surface area (Å²) in [5.74, 6) is 3.22. The van der Waals surface area contributed by atoms with Crippen molar-refractivity contribution in [1.82, 2.24) is 0 Å². The predicted molar refractivity (Wildman–Crippen MR) is 50.0 cm³/mol. The molecule has 2 heterocycles. The van der Waals surface area contributed by atoms with Crippen LogP contribution in [-0.4, -0.2) is 12.2 Å². The van der Waals surface area contributed by atoms with Crippen LogP contribution < -0.4 is 0 Å². The molecular weight excluding hydrogens is 148 g/mol. The van der Waals surface area contributed by atoms with Crippen molar-refractivity contribution in [3.8, 4) is 0 Å². The van der Waals surface area contributed by atoms with E-state index in [1.165, 1.54) is 6.42 Å². The van der Waals surface area contributed by atoms with Gasteiger partial charge in [-0.3, -0.25) is 0 Å². The van der Waals surface area contributed by atoms with E-state index in [4.69, 9.17) is 4.74 Å². The van der Waals surface area contributed by atoms with Gasteiger partial charge in [0.15, 0.2) is 0 Å². The van der Waals surface area contributed by atoms with E-state index in [9.17, 15) is 0 Å². The lowest BCUT2D eigenvalue weighted by molar-refractivity contribution is -0.105. The van der Waals surface area contributed by atoms with Crippen molar-refractivity contribution in [2.75, 3.05) is 6.61 Å². The maximum atomic E-state index is 5.95. The molecule has 0 amide bonds. The van der Waals surface area contributed by atoms with Crippen LogP contribution in [0.15, 0.2) is 0 Å². The molecule has 70 valence electrons. The van der Waals surface area contributed by atoms with E-state index in [0.717, 1.165) is 24.4 Å². The Morgan fingerprint density at radius 3 is 2.25 bits per heavy atom. The average Bonchev–Trinajstić information content (AvgIpc) is 2.38. The normalized spacial score (nSPS) is 45.5. The Kier molecular flexibility index (Phi) is 1.76. The van der Waals surface area contributed by atoms with Crippen molar-refractivity contribution in [2.24, 2.45) is 23.7 Å². The summed E-state index contributed by atoms with van der Waals surface area (Å²) in [6.07, 6.45) is 1.33. The van der Waals surface area contributed by atoms with Gasteiger partial charge in [-0.25, -0.2) is 0 Å². The molecule has 12 heavy (non-hydrogen) atoms. The van der Waals surface area contributed by atoms with Gasteiger partial charge in [0.1, 0.15) is 0 Å². The molecule has 3 aliphatic rings. The summed E-state index contributed by atoms with van der Waals surface area (Å²) in [4.78, 5) is 0. The molecular formula is C11H20O. The maximum absolute atomic E-state index is 5.95. The highest BCUT2D eigenvalue weighted by molar-refractivity contribution is 5.10. The molecule has 0 radical (unpaired) electrons. The number of ether oxygens (including phenoxy) is 1. The van der Waals surface area contributed by atoms with Crippen LogP contribution in [0.2, 0.25) is 0 Å². The molecule has 1 nitrogen and oxygen atoms in total. The van der Waals surface area contributed by atoms with E-state index in [1.807, 2.05) is 0 Å². The molecule has 3 atom stereocenters. The zero-order chi connectivity index (χ0) is 8.93. The van der Waals surface area contributed by atoms with Crippen molar-refractivity contribution in [3.63, 3.8) is 0 Å². The topological polar surface area (TPSA) is 9.23 Å². The Morgan fingerprint density at radius 2 is 1.92 bits per heavy atom. The van der Waals surface area contributed by atoms with Gasteiger partial charge in [-0.2, -0.15) is 0 Å². The average molecular weight is 168 g/mol. The smallest absolute Gasteiger partial charge is 0.0742 e. The summed E-state index contributed by atoms with van der Waals surface area (Å²) in [6.45, 7) is 10.3. The van der Waals surface area contributed by atoms with Crippen molar-refractivity contribution < 1.29 is 4.74 Å². The number of rotatable bonds is 2. The highest BCUT2D eigenvalue weighted by Crippen LogP contribution is 2.59. The first kappa shape index (κ1) is 8.55. The maximum Gasteiger partial charge on any atom is 0.0742 e. The van der Waals surface area contributed by atoms with Gasteiger partial charge in [-0.15, -0.1) is 0 Å². The van der Waals surface area contributed by atoms with Crippen LogP contribution in [0.5, 0.6) is 0 Å². The van der Waals surface area contributed by atoms with E-state index in [0.29, 0.717) is 5.92 Å². The Hall–Kier alpha value is -0.0400. The lowest BCUT2D eigenvalue weighted by Crippen LogP contribution is -2.53. The molecule has 0 N–H and O–H groups in total. The van der Waals surface area contributed by atoms with Gasteiger partial charge < -0.3 is 4.74 Å². The van der Waals surface area contributed by atoms with Crippen LogP contribution >= 0.6 is 0 Å². The van der Waals surface area contributed by atoms with E-state index in [1.54, 1.807) is 0 Å². The molecule has 2 bridgehead atoms. The van der Waals surface area contributed by atoms with Crippen LogP contribution in [0.3, 0.4) is 0 Å². The molecule has 3 unspecified atom stereocenters. The van der Waals surface area contributed by atoms with Gasteiger partial charge in [0, 0.05) is 0 Å². The molecule has 2 saturated heterocycles. The Balaban J connectivity index is 2.17. The van der Waals surface area contributed by atoms with Gasteiger partial charge in [-0.1, -0.05) is 27.7 Å². The summed E-state index contributed by atoms with van der Waals surface area (Å²) in [5, 5.41) is 0. The minimum atomic E-state index is 0.277. The highest BCUT2D eigenvalue weighted by atomic mass is 16.5. The van der Waals surface area contributed by atoms with Gasteiger partial charge in [0.25, 0.3) is 0 Å². The minimum Gasteiger partial charge on any atom is -0.374 e. The van der Waals surface area contributed by atoms with Crippen LogP contribution in [0.4, 0.5) is 0 Å². The van der Waals surface area contributed by atoms with Crippen LogP contribution in [0.25, 0.3) is 0 Å². The minimum absolute atomic E-state index is 0.277. The summed E-state index contributed by atoms with van der Waals surface area (Å²) < 4.78 is 5.95. The van der Waals surface area contributed by atoms with E-state index in [2.05, 4.69) is 27.7 Å². The Morgan fingerprint density at radius 1 is 1.25 bits per heavy atom. The fourth-order valence-electron chi connectivity index (χ4n) is 3.39. The molecule has 0 aromatic heterocycles. The molecule has 1 aliphatic carbocycles. The molecule has 0 spiro atoms. The summed E-state index contributed by atoms with van der Waals surface area (Å²) in [7, 11) is 0. The highest BCUT2D eigenvalue weighted by Gasteiger charge is 2.62. The zero-order valence-electron chi connectivity index (χ0n) is 8.63. The Labute approximate surface area is 75.5 Å². The van der Waals surface area contributed by atoms with E-state index < -0.39 is 0 Å². The first-order chi connectivity index (χ1) is 5.58.